The maximum atomic E-state index is 11.3. The van der Waals surface area contributed by atoms with Crippen molar-refractivity contribution in [3.05, 3.63) is 65.2 Å². The minimum atomic E-state index is -0.688. The number of aryl methyl sites for hydroxylation is 1. The summed E-state index contributed by atoms with van der Waals surface area (Å²) in [6.45, 7) is 2.99. The number of benzene rings is 2. The Balaban J connectivity index is 1.34. The molecule has 2 aromatic rings. The van der Waals surface area contributed by atoms with Crippen LogP contribution in [0, 0.1) is 17.3 Å². The molecular formula is C27H34O3. The Kier molecular flexibility index (Phi) is 5.15. The normalized spacial score (nSPS) is 34.7. The van der Waals surface area contributed by atoms with Crippen molar-refractivity contribution in [1.29, 1.82) is 0 Å². The third-order valence-corrected chi connectivity index (χ3v) is 8.79. The molecule has 0 unspecified atom stereocenters. The van der Waals surface area contributed by atoms with E-state index in [9.17, 15) is 10.2 Å². The first-order valence-electron chi connectivity index (χ1n) is 11.7. The molecule has 0 spiro atoms. The van der Waals surface area contributed by atoms with Crippen LogP contribution in [-0.2, 0) is 13.0 Å². The van der Waals surface area contributed by atoms with E-state index in [1.807, 2.05) is 18.2 Å². The average molecular weight is 407 g/mol. The van der Waals surface area contributed by atoms with E-state index < -0.39 is 5.60 Å². The van der Waals surface area contributed by atoms with Gasteiger partial charge in [0.15, 0.2) is 0 Å². The molecule has 30 heavy (non-hydrogen) atoms. The monoisotopic (exact) mass is 406 g/mol. The zero-order chi connectivity index (χ0) is 20.8. The van der Waals surface area contributed by atoms with Crippen molar-refractivity contribution in [2.24, 2.45) is 17.3 Å². The van der Waals surface area contributed by atoms with Crippen molar-refractivity contribution in [3.8, 4) is 5.75 Å². The third kappa shape index (κ3) is 3.18. The second-order valence-electron chi connectivity index (χ2n) is 10.1. The fourth-order valence-corrected chi connectivity index (χ4v) is 7.10. The summed E-state index contributed by atoms with van der Waals surface area (Å²) in [5.41, 5.74) is 3.42. The average Bonchev–Trinajstić information content (AvgIpc) is 3.03. The lowest BCUT2D eigenvalue weighted by Gasteiger charge is -2.53. The maximum Gasteiger partial charge on any atom is 0.120 e. The van der Waals surface area contributed by atoms with E-state index in [0.29, 0.717) is 30.8 Å². The summed E-state index contributed by atoms with van der Waals surface area (Å²) in [5, 5.41) is 20.9. The van der Waals surface area contributed by atoms with Crippen molar-refractivity contribution in [2.75, 3.05) is 6.61 Å². The lowest BCUT2D eigenvalue weighted by atomic mass is 9.53. The second kappa shape index (κ2) is 7.69. The molecule has 0 aromatic heterocycles. The molecule has 0 amide bonds. The molecule has 160 valence electrons. The number of aliphatic hydroxyl groups is 2. The molecule has 2 fully saturated rings. The molecule has 2 aromatic carbocycles. The van der Waals surface area contributed by atoms with Crippen LogP contribution in [0.1, 0.15) is 68.1 Å². The smallest absolute Gasteiger partial charge is 0.120 e. The maximum absolute atomic E-state index is 11.3. The van der Waals surface area contributed by atoms with E-state index in [4.69, 9.17) is 4.74 Å². The van der Waals surface area contributed by atoms with Crippen LogP contribution < -0.4 is 4.74 Å². The zero-order valence-corrected chi connectivity index (χ0v) is 18.0. The summed E-state index contributed by atoms with van der Waals surface area (Å²) in [6.07, 6.45) is 6.97. The molecule has 3 heteroatoms. The van der Waals surface area contributed by atoms with Gasteiger partial charge in [-0.15, -0.1) is 0 Å². The van der Waals surface area contributed by atoms with E-state index in [1.165, 1.54) is 23.1 Å². The van der Waals surface area contributed by atoms with Crippen molar-refractivity contribution in [1.82, 2.24) is 0 Å². The third-order valence-electron chi connectivity index (χ3n) is 8.79. The first-order chi connectivity index (χ1) is 14.5. The number of rotatable bonds is 5. The Morgan fingerprint density at radius 1 is 1.03 bits per heavy atom. The molecule has 0 bridgehead atoms. The van der Waals surface area contributed by atoms with Crippen molar-refractivity contribution in [3.63, 3.8) is 0 Å². The molecule has 3 nitrogen and oxygen atoms in total. The minimum absolute atomic E-state index is 0.0485. The second-order valence-corrected chi connectivity index (χ2v) is 10.1. The first kappa shape index (κ1) is 20.1. The molecule has 0 heterocycles. The van der Waals surface area contributed by atoms with E-state index in [-0.39, 0.29) is 12.0 Å². The highest BCUT2D eigenvalue weighted by atomic mass is 16.5. The Labute approximate surface area is 180 Å². The number of hydrogen-bond acceptors (Lipinski definition) is 3. The van der Waals surface area contributed by atoms with Crippen LogP contribution in [0.25, 0.3) is 0 Å². The summed E-state index contributed by atoms with van der Waals surface area (Å²) >= 11 is 0. The predicted octanol–water partition coefficient (Wildman–Crippen LogP) is 5.24. The Hall–Kier alpha value is -1.84. The lowest BCUT2D eigenvalue weighted by Crippen LogP contribution is -2.51. The number of fused-ring (bicyclic) bond motifs is 5. The zero-order valence-electron chi connectivity index (χ0n) is 18.0. The highest BCUT2D eigenvalue weighted by Crippen LogP contribution is 2.65. The molecule has 3 aliphatic carbocycles. The number of hydrogen-bond donors (Lipinski definition) is 2. The summed E-state index contributed by atoms with van der Waals surface area (Å²) < 4.78 is 6.08. The fourth-order valence-electron chi connectivity index (χ4n) is 7.10. The lowest BCUT2D eigenvalue weighted by molar-refractivity contribution is -0.112. The van der Waals surface area contributed by atoms with Gasteiger partial charge in [-0.25, -0.2) is 0 Å². The summed E-state index contributed by atoms with van der Waals surface area (Å²) in [6, 6.07) is 17.0. The van der Waals surface area contributed by atoms with Gasteiger partial charge in [0.25, 0.3) is 0 Å². The molecule has 5 atom stereocenters. The predicted molar refractivity (Wildman–Crippen MR) is 118 cm³/mol. The van der Waals surface area contributed by atoms with Crippen molar-refractivity contribution < 1.29 is 14.9 Å². The van der Waals surface area contributed by atoms with E-state index in [1.54, 1.807) is 0 Å². The van der Waals surface area contributed by atoms with Gasteiger partial charge in [-0.1, -0.05) is 43.3 Å². The topological polar surface area (TPSA) is 49.7 Å². The summed E-state index contributed by atoms with van der Waals surface area (Å²) in [5.74, 6) is 2.79. The van der Waals surface area contributed by atoms with E-state index >= 15 is 0 Å². The highest BCUT2D eigenvalue weighted by molar-refractivity contribution is 5.41. The van der Waals surface area contributed by atoms with E-state index in [0.717, 1.165) is 37.9 Å². The quantitative estimate of drug-likeness (QED) is 0.714. The van der Waals surface area contributed by atoms with Crippen LogP contribution in [0.2, 0.25) is 0 Å². The van der Waals surface area contributed by atoms with Crippen molar-refractivity contribution in [2.45, 2.75) is 70.0 Å². The molecule has 0 radical (unpaired) electrons. The number of ether oxygens (including phenoxy) is 1. The largest absolute Gasteiger partial charge is 0.489 e. The SMILES string of the molecule is C[C@]12CC[C@@H]3c4ccc(OCc5ccccc5)cc4CC[C@H]3[C@@H]1CC[C@@]2(O)CCO. The molecule has 0 saturated heterocycles. The molecule has 2 saturated carbocycles. The highest BCUT2D eigenvalue weighted by Gasteiger charge is 2.61. The standard InChI is InChI=1S/C27H34O3/c1-26-13-11-23-22-10-8-21(30-18-19-5-3-2-4-6-19)17-20(22)7-9-24(23)25(26)12-14-27(26,29)15-16-28/h2-6,8,10,17,23-25,28-29H,7,9,11-16,18H2,1H3/t23-,24-,25+,26+,27-/m1/s1. The van der Waals surface area contributed by atoms with Crippen LogP contribution in [-0.4, -0.2) is 22.4 Å². The van der Waals surface area contributed by atoms with Gasteiger partial charge in [0.1, 0.15) is 12.4 Å². The minimum Gasteiger partial charge on any atom is -0.489 e. The molecule has 0 aliphatic heterocycles. The summed E-state index contributed by atoms with van der Waals surface area (Å²) in [4.78, 5) is 0. The van der Waals surface area contributed by atoms with Crippen LogP contribution in [0.4, 0.5) is 0 Å². The Morgan fingerprint density at radius 2 is 1.87 bits per heavy atom. The van der Waals surface area contributed by atoms with E-state index in [2.05, 4.69) is 37.3 Å². The van der Waals surface area contributed by atoms with Gasteiger partial charge >= 0.3 is 0 Å². The van der Waals surface area contributed by atoms with Gasteiger partial charge in [-0.05, 0) is 96.9 Å². The van der Waals surface area contributed by atoms with Crippen LogP contribution in [0.15, 0.2) is 48.5 Å². The van der Waals surface area contributed by atoms with Gasteiger partial charge < -0.3 is 14.9 Å². The van der Waals surface area contributed by atoms with Gasteiger partial charge in [-0.2, -0.15) is 0 Å². The van der Waals surface area contributed by atoms with Gasteiger partial charge in [0, 0.05) is 6.61 Å². The Bertz CT molecular complexity index is 894. The Morgan fingerprint density at radius 3 is 2.67 bits per heavy atom. The van der Waals surface area contributed by atoms with Crippen LogP contribution in [0.3, 0.4) is 0 Å². The molecule has 5 rings (SSSR count). The van der Waals surface area contributed by atoms with Crippen LogP contribution >= 0.6 is 0 Å². The fraction of sp³-hybridized carbons (Fsp3) is 0.556. The van der Waals surface area contributed by atoms with Gasteiger partial charge in [0.2, 0.25) is 0 Å². The molecule has 2 N–H and O–H groups in total. The van der Waals surface area contributed by atoms with Gasteiger partial charge in [-0.3, -0.25) is 0 Å². The van der Waals surface area contributed by atoms with Crippen LogP contribution in [0.5, 0.6) is 5.75 Å². The van der Waals surface area contributed by atoms with Crippen molar-refractivity contribution >= 4 is 0 Å². The molecule has 3 aliphatic rings. The molecular weight excluding hydrogens is 372 g/mol. The first-order valence-corrected chi connectivity index (χ1v) is 11.7. The number of aliphatic hydroxyl groups excluding tert-OH is 1. The van der Waals surface area contributed by atoms with Gasteiger partial charge in [0.05, 0.1) is 5.60 Å². The summed E-state index contributed by atoms with van der Waals surface area (Å²) in [7, 11) is 0.